The van der Waals surface area contributed by atoms with Crippen molar-refractivity contribution < 1.29 is 19.5 Å². The van der Waals surface area contributed by atoms with Crippen LogP contribution in [-0.2, 0) is 40.1 Å². The van der Waals surface area contributed by atoms with E-state index in [1.54, 1.807) is 25.7 Å². The minimum atomic E-state index is -1.01. The van der Waals surface area contributed by atoms with Crippen LogP contribution in [-0.4, -0.2) is 33.4 Å². The number of rotatable bonds is 5. The molecule has 0 aromatic heterocycles. The molecule has 1 atom stereocenters. The molecule has 49 heavy (non-hydrogen) atoms. The lowest BCUT2D eigenvalue weighted by molar-refractivity contribution is -0.316. The van der Waals surface area contributed by atoms with Gasteiger partial charge in [-0.2, -0.15) is 0 Å². The molecule has 1 N–H and O–H groups in total. The Kier molecular flexibility index (Phi) is 10.2. The van der Waals surface area contributed by atoms with E-state index in [0.717, 1.165) is 42.4 Å². The monoisotopic (exact) mass is 662 g/mol. The number of nitrogens with zero attached hydrogens (tertiary/aromatic N) is 2. The summed E-state index contributed by atoms with van der Waals surface area (Å²) >= 11 is 0. The first-order valence-corrected chi connectivity index (χ1v) is 17.7. The number of benzene rings is 3. The second-order valence-corrected chi connectivity index (χ2v) is 16.3. The number of nitrogens with one attached hydrogen (secondary N) is 1. The summed E-state index contributed by atoms with van der Waals surface area (Å²) in [7, 11) is 0. The molecule has 260 valence electrons. The predicted molar refractivity (Wildman–Crippen MR) is 192 cm³/mol. The van der Waals surface area contributed by atoms with Gasteiger partial charge in [-0.3, -0.25) is 19.9 Å². The minimum absolute atomic E-state index is 0.0250. The van der Waals surface area contributed by atoms with Gasteiger partial charge in [-0.15, -0.1) is 0 Å². The number of carbonyl (C=O) groups excluding carboxylic acids is 3. The summed E-state index contributed by atoms with van der Waals surface area (Å²) in [6, 6.07) is 22.8. The molecule has 1 unspecified atom stereocenters. The lowest BCUT2D eigenvalue weighted by atomic mass is 9.64. The zero-order chi connectivity index (χ0) is 35.7. The van der Waals surface area contributed by atoms with Crippen LogP contribution in [0.5, 0.6) is 0 Å². The van der Waals surface area contributed by atoms with Crippen molar-refractivity contribution in [2.24, 2.45) is 11.3 Å². The van der Waals surface area contributed by atoms with Gasteiger partial charge in [0.25, 0.3) is 5.91 Å². The normalized spacial score (nSPS) is 19.8. The molecule has 0 spiro atoms. The molecule has 2 amide bonds. The van der Waals surface area contributed by atoms with Crippen molar-refractivity contribution in [3.63, 3.8) is 0 Å². The molecule has 2 aliphatic heterocycles. The van der Waals surface area contributed by atoms with Crippen LogP contribution in [0.1, 0.15) is 124 Å². The van der Waals surface area contributed by atoms with E-state index in [1.807, 2.05) is 29.2 Å². The molecule has 3 aliphatic rings. The predicted octanol–water partition coefficient (Wildman–Crippen LogP) is 7.46. The van der Waals surface area contributed by atoms with E-state index in [-0.39, 0.29) is 23.1 Å². The maximum absolute atomic E-state index is 14.5. The van der Waals surface area contributed by atoms with Gasteiger partial charge in [0.1, 0.15) is 5.84 Å². The van der Waals surface area contributed by atoms with Crippen molar-refractivity contribution in [2.45, 2.75) is 117 Å². The van der Waals surface area contributed by atoms with E-state index in [1.165, 1.54) is 23.1 Å². The van der Waals surface area contributed by atoms with Crippen molar-refractivity contribution in [1.29, 1.82) is 5.41 Å². The molecule has 1 aliphatic carbocycles. The Bertz CT molecular complexity index is 1700. The van der Waals surface area contributed by atoms with Crippen molar-refractivity contribution in [3.8, 4) is 0 Å². The van der Waals surface area contributed by atoms with Crippen molar-refractivity contribution in [2.75, 3.05) is 0 Å². The molecule has 7 heteroatoms. The molecule has 3 aromatic rings. The Labute approximate surface area is 292 Å². The van der Waals surface area contributed by atoms with Gasteiger partial charge in [0.2, 0.25) is 5.91 Å². The van der Waals surface area contributed by atoms with Crippen LogP contribution in [0.2, 0.25) is 0 Å². The minimum Gasteiger partial charge on any atom is -0.550 e. The number of likely N-dealkylation sites (tertiary alicyclic amines) is 1. The average molecular weight is 663 g/mol. The number of fused-ring (bicyclic) bond motifs is 1. The van der Waals surface area contributed by atoms with E-state index in [4.69, 9.17) is 5.41 Å². The standard InChI is InChI=1S/C37H43N3O2.C5H10O2/c1-25-14-17-30(18-15-25)37(29-12-6-5-7-13-29)21-33(38)40(35(37)42)22-26-16-19-32(36(2,3)4)31(20-26)34(41)39-23-27-10-8-9-11-28(27)24-39;1-5(2,3)4(6)7/h8-11,14-20,29,38H,5-7,12-13,21-24H2,1-4H3;1-3H3,(H,6,7)/p-1. The molecule has 2 fully saturated rings. The molecular formula is C42H52N3O4-. The van der Waals surface area contributed by atoms with Gasteiger partial charge in [0, 0.05) is 36.5 Å². The van der Waals surface area contributed by atoms with Gasteiger partial charge < -0.3 is 14.8 Å². The number of aliphatic carboxylic acids is 1. The Hall–Kier alpha value is -4.26. The quantitative estimate of drug-likeness (QED) is 0.306. The summed E-state index contributed by atoms with van der Waals surface area (Å²) in [4.78, 5) is 42.1. The van der Waals surface area contributed by atoms with Gasteiger partial charge in [0.15, 0.2) is 0 Å². The number of hydrogen-bond acceptors (Lipinski definition) is 5. The van der Waals surface area contributed by atoms with Gasteiger partial charge in [-0.1, -0.05) is 127 Å². The van der Waals surface area contributed by atoms with Gasteiger partial charge in [0.05, 0.1) is 12.0 Å². The number of carbonyl (C=O) groups is 3. The van der Waals surface area contributed by atoms with Crippen molar-refractivity contribution in [1.82, 2.24) is 9.80 Å². The average Bonchev–Trinajstić information content (AvgIpc) is 3.60. The highest BCUT2D eigenvalue weighted by molar-refractivity contribution is 6.10. The van der Waals surface area contributed by atoms with E-state index in [2.05, 4.69) is 70.2 Å². The molecule has 6 rings (SSSR count). The fourth-order valence-electron chi connectivity index (χ4n) is 7.54. The van der Waals surface area contributed by atoms with Crippen LogP contribution in [0.3, 0.4) is 0 Å². The molecule has 1 saturated heterocycles. The summed E-state index contributed by atoms with van der Waals surface area (Å²) in [5, 5.41) is 19.0. The smallest absolute Gasteiger partial charge is 0.254 e. The Morgan fingerprint density at radius 1 is 0.878 bits per heavy atom. The number of aryl methyl sites for hydroxylation is 1. The lowest BCUT2D eigenvalue weighted by Crippen LogP contribution is -2.44. The highest BCUT2D eigenvalue weighted by Gasteiger charge is 2.55. The van der Waals surface area contributed by atoms with E-state index < -0.39 is 16.8 Å². The second-order valence-electron chi connectivity index (χ2n) is 16.3. The summed E-state index contributed by atoms with van der Waals surface area (Å²) in [5.74, 6) is -0.312. The molecule has 3 aromatic carbocycles. The zero-order valence-corrected chi connectivity index (χ0v) is 30.3. The molecule has 0 bridgehead atoms. The molecule has 7 nitrogen and oxygen atoms in total. The largest absolute Gasteiger partial charge is 0.550 e. The van der Waals surface area contributed by atoms with Crippen molar-refractivity contribution >= 4 is 23.6 Å². The summed E-state index contributed by atoms with van der Waals surface area (Å²) in [6.07, 6.45) is 5.99. The van der Waals surface area contributed by atoms with Crippen LogP contribution >= 0.6 is 0 Å². The molecule has 2 heterocycles. The summed E-state index contributed by atoms with van der Waals surface area (Å²) in [6.45, 7) is 14.8. The first kappa shape index (κ1) is 36.0. The third-order valence-electron chi connectivity index (χ3n) is 10.5. The van der Waals surface area contributed by atoms with Crippen LogP contribution < -0.4 is 5.11 Å². The highest BCUT2D eigenvalue weighted by Crippen LogP contribution is 2.49. The fraction of sp³-hybridized carbons (Fsp3) is 0.476. The van der Waals surface area contributed by atoms with Crippen LogP contribution in [0.4, 0.5) is 0 Å². The number of carboxylic acids is 1. The topological polar surface area (TPSA) is 105 Å². The van der Waals surface area contributed by atoms with Crippen molar-refractivity contribution in [3.05, 3.63) is 106 Å². The summed E-state index contributed by atoms with van der Waals surface area (Å²) < 4.78 is 0. The first-order chi connectivity index (χ1) is 23.0. The Morgan fingerprint density at radius 2 is 1.45 bits per heavy atom. The second kappa shape index (κ2) is 13.9. The van der Waals surface area contributed by atoms with Crippen LogP contribution in [0, 0.1) is 23.7 Å². The van der Waals surface area contributed by atoms with E-state index >= 15 is 0 Å². The van der Waals surface area contributed by atoms with E-state index in [0.29, 0.717) is 37.5 Å². The molecule has 1 saturated carbocycles. The maximum Gasteiger partial charge on any atom is 0.254 e. The highest BCUT2D eigenvalue weighted by atomic mass is 16.4. The summed E-state index contributed by atoms with van der Waals surface area (Å²) in [5.41, 5.74) is 5.62. The number of amidine groups is 1. The van der Waals surface area contributed by atoms with Gasteiger partial charge in [-0.25, -0.2) is 0 Å². The Balaban J connectivity index is 0.000000606. The van der Waals surface area contributed by atoms with Gasteiger partial charge in [-0.05, 0) is 65.0 Å². The van der Waals surface area contributed by atoms with Crippen LogP contribution in [0.15, 0.2) is 66.7 Å². The first-order valence-electron chi connectivity index (χ1n) is 17.7. The molecule has 0 radical (unpaired) electrons. The number of amides is 2. The van der Waals surface area contributed by atoms with E-state index in [9.17, 15) is 19.5 Å². The third kappa shape index (κ3) is 7.51. The zero-order valence-electron chi connectivity index (χ0n) is 30.3. The SMILES string of the molecule is CC(C)(C)C(=O)[O-].Cc1ccc(C2(C3CCCCC3)CC(=N)N(Cc3ccc(C(C)(C)C)c(C(=O)N4Cc5ccccc5C4)c3)C2=O)cc1. The number of carboxylic acid groups (broad SMARTS) is 1. The lowest BCUT2D eigenvalue weighted by Gasteiger charge is -2.38. The fourth-order valence-corrected chi connectivity index (χ4v) is 7.54. The number of hydrogen-bond donors (Lipinski definition) is 1. The van der Waals surface area contributed by atoms with Crippen LogP contribution in [0.25, 0.3) is 0 Å². The third-order valence-corrected chi connectivity index (χ3v) is 10.5. The Morgan fingerprint density at radius 3 is 1.98 bits per heavy atom. The van der Waals surface area contributed by atoms with Gasteiger partial charge >= 0.3 is 0 Å². The maximum atomic E-state index is 14.5. The molecular weight excluding hydrogens is 610 g/mol.